The van der Waals surface area contributed by atoms with Crippen LogP contribution >= 0.6 is 0 Å². The van der Waals surface area contributed by atoms with Gasteiger partial charge in [0.15, 0.2) is 0 Å². The maximum Gasteiger partial charge on any atom is 0.311 e. The van der Waals surface area contributed by atoms with E-state index in [4.69, 9.17) is 10.5 Å². The summed E-state index contributed by atoms with van der Waals surface area (Å²) in [6, 6.07) is 3.50. The minimum atomic E-state index is -0.216. The zero-order chi connectivity index (χ0) is 14.1. The van der Waals surface area contributed by atoms with Gasteiger partial charge in [-0.25, -0.2) is 0 Å². The predicted molar refractivity (Wildman–Crippen MR) is 76.6 cm³/mol. The van der Waals surface area contributed by atoms with Crippen LogP contribution in [0.15, 0.2) is 18.3 Å². The SMILES string of the molecule is CCCCC(CC)COC(=O)Cc1ccc(N)cn1. The Bertz CT molecular complexity index is 376. The second-order valence-corrected chi connectivity index (χ2v) is 4.86. The topological polar surface area (TPSA) is 65.2 Å². The lowest BCUT2D eigenvalue weighted by Gasteiger charge is -2.14. The standard InChI is InChI=1S/C15H24N2O2/c1-3-5-6-12(4-2)11-19-15(18)9-14-8-7-13(16)10-17-14/h7-8,10,12H,3-6,9,11,16H2,1-2H3. The number of pyridine rings is 1. The fraction of sp³-hybridized carbons (Fsp3) is 0.600. The van der Waals surface area contributed by atoms with Crippen LogP contribution in [0.5, 0.6) is 0 Å². The van der Waals surface area contributed by atoms with Gasteiger partial charge in [0.25, 0.3) is 0 Å². The molecule has 1 rings (SSSR count). The van der Waals surface area contributed by atoms with E-state index in [0.29, 0.717) is 23.9 Å². The number of ether oxygens (including phenoxy) is 1. The molecule has 1 atom stereocenters. The first-order chi connectivity index (χ1) is 9.15. The van der Waals surface area contributed by atoms with Crippen LogP contribution in [-0.2, 0) is 16.0 Å². The van der Waals surface area contributed by atoms with E-state index in [-0.39, 0.29) is 12.4 Å². The van der Waals surface area contributed by atoms with E-state index in [1.54, 1.807) is 18.3 Å². The van der Waals surface area contributed by atoms with E-state index in [1.165, 1.54) is 12.8 Å². The van der Waals surface area contributed by atoms with Gasteiger partial charge in [-0.15, -0.1) is 0 Å². The van der Waals surface area contributed by atoms with Crippen LogP contribution < -0.4 is 5.73 Å². The van der Waals surface area contributed by atoms with Crippen LogP contribution in [0.1, 0.15) is 45.2 Å². The molecular formula is C15H24N2O2. The Morgan fingerprint density at radius 2 is 2.21 bits per heavy atom. The summed E-state index contributed by atoms with van der Waals surface area (Å²) in [5, 5.41) is 0. The van der Waals surface area contributed by atoms with Gasteiger partial charge < -0.3 is 10.5 Å². The van der Waals surface area contributed by atoms with Crippen LogP contribution in [0.4, 0.5) is 5.69 Å². The van der Waals surface area contributed by atoms with Gasteiger partial charge in [0.05, 0.1) is 30.6 Å². The molecule has 0 bridgehead atoms. The van der Waals surface area contributed by atoms with Gasteiger partial charge in [-0.3, -0.25) is 9.78 Å². The largest absolute Gasteiger partial charge is 0.465 e. The van der Waals surface area contributed by atoms with Crippen LogP contribution in [0.25, 0.3) is 0 Å². The summed E-state index contributed by atoms with van der Waals surface area (Å²) in [4.78, 5) is 15.8. The maximum absolute atomic E-state index is 11.7. The first kappa shape index (κ1) is 15.5. The van der Waals surface area contributed by atoms with Crippen molar-refractivity contribution in [3.8, 4) is 0 Å². The molecule has 2 N–H and O–H groups in total. The molecule has 0 amide bonds. The summed E-state index contributed by atoms with van der Waals surface area (Å²) in [5.74, 6) is 0.260. The molecule has 1 aromatic heterocycles. The third kappa shape index (κ3) is 6.22. The molecule has 106 valence electrons. The van der Waals surface area contributed by atoms with Crippen molar-refractivity contribution in [1.82, 2.24) is 4.98 Å². The smallest absolute Gasteiger partial charge is 0.311 e. The van der Waals surface area contributed by atoms with Crippen molar-refractivity contribution >= 4 is 11.7 Å². The molecule has 1 unspecified atom stereocenters. The number of carbonyl (C=O) groups is 1. The van der Waals surface area contributed by atoms with Crippen molar-refractivity contribution in [2.75, 3.05) is 12.3 Å². The highest BCUT2D eigenvalue weighted by molar-refractivity contribution is 5.72. The molecule has 4 nitrogen and oxygen atoms in total. The summed E-state index contributed by atoms with van der Waals surface area (Å²) >= 11 is 0. The third-order valence-electron chi connectivity index (χ3n) is 3.20. The summed E-state index contributed by atoms with van der Waals surface area (Å²) < 4.78 is 5.32. The Labute approximate surface area is 115 Å². The minimum Gasteiger partial charge on any atom is -0.465 e. The summed E-state index contributed by atoms with van der Waals surface area (Å²) in [5.41, 5.74) is 6.84. The highest BCUT2D eigenvalue weighted by Gasteiger charge is 2.11. The first-order valence-corrected chi connectivity index (χ1v) is 7.01. The Balaban J connectivity index is 2.32. The number of hydrogen-bond acceptors (Lipinski definition) is 4. The molecule has 19 heavy (non-hydrogen) atoms. The Kier molecular flexibility index (Phi) is 6.93. The molecule has 1 heterocycles. The Morgan fingerprint density at radius 1 is 1.42 bits per heavy atom. The van der Waals surface area contributed by atoms with E-state index in [0.717, 1.165) is 12.8 Å². The van der Waals surface area contributed by atoms with Crippen molar-refractivity contribution < 1.29 is 9.53 Å². The number of hydrogen-bond donors (Lipinski definition) is 1. The number of aromatic nitrogens is 1. The highest BCUT2D eigenvalue weighted by Crippen LogP contribution is 2.13. The number of carbonyl (C=O) groups excluding carboxylic acids is 1. The van der Waals surface area contributed by atoms with E-state index in [2.05, 4.69) is 18.8 Å². The Morgan fingerprint density at radius 3 is 2.79 bits per heavy atom. The number of rotatable bonds is 8. The van der Waals surface area contributed by atoms with Crippen LogP contribution in [0.2, 0.25) is 0 Å². The normalized spacial score (nSPS) is 12.1. The van der Waals surface area contributed by atoms with Gasteiger partial charge in [-0.05, 0) is 24.5 Å². The molecule has 1 aromatic rings. The second-order valence-electron chi connectivity index (χ2n) is 4.86. The number of anilines is 1. The highest BCUT2D eigenvalue weighted by atomic mass is 16.5. The molecule has 0 aliphatic heterocycles. The van der Waals surface area contributed by atoms with Gasteiger partial charge in [-0.1, -0.05) is 33.1 Å². The van der Waals surface area contributed by atoms with E-state index in [9.17, 15) is 4.79 Å². The minimum absolute atomic E-state index is 0.213. The molecule has 0 aliphatic rings. The molecular weight excluding hydrogens is 240 g/mol. The van der Waals surface area contributed by atoms with Gasteiger partial charge in [-0.2, -0.15) is 0 Å². The van der Waals surface area contributed by atoms with Crippen LogP contribution in [-0.4, -0.2) is 17.6 Å². The lowest BCUT2D eigenvalue weighted by molar-refractivity contribution is -0.144. The van der Waals surface area contributed by atoms with Gasteiger partial charge >= 0.3 is 5.97 Å². The molecule has 0 saturated heterocycles. The van der Waals surface area contributed by atoms with Crippen molar-refractivity contribution in [1.29, 1.82) is 0 Å². The number of esters is 1. The van der Waals surface area contributed by atoms with Gasteiger partial charge in [0.1, 0.15) is 0 Å². The van der Waals surface area contributed by atoms with Crippen molar-refractivity contribution in [2.24, 2.45) is 5.92 Å². The summed E-state index contributed by atoms with van der Waals surface area (Å²) in [7, 11) is 0. The van der Waals surface area contributed by atoms with Crippen molar-refractivity contribution in [2.45, 2.75) is 46.0 Å². The summed E-state index contributed by atoms with van der Waals surface area (Å²) in [6.45, 7) is 4.82. The quantitative estimate of drug-likeness (QED) is 0.733. The maximum atomic E-state index is 11.7. The average Bonchev–Trinajstić information content (AvgIpc) is 2.42. The number of nitrogens with two attached hydrogens (primary N) is 1. The molecule has 4 heteroatoms. The number of nitrogen functional groups attached to an aromatic ring is 1. The molecule has 0 radical (unpaired) electrons. The number of nitrogens with zero attached hydrogens (tertiary/aromatic N) is 1. The molecule has 0 aromatic carbocycles. The zero-order valence-electron chi connectivity index (χ0n) is 11.9. The van der Waals surface area contributed by atoms with Crippen LogP contribution in [0.3, 0.4) is 0 Å². The fourth-order valence-electron chi connectivity index (χ4n) is 1.85. The molecule has 0 saturated carbocycles. The first-order valence-electron chi connectivity index (χ1n) is 7.01. The molecule has 0 aliphatic carbocycles. The average molecular weight is 264 g/mol. The Hall–Kier alpha value is -1.58. The predicted octanol–water partition coefficient (Wildman–Crippen LogP) is 2.97. The van der Waals surface area contributed by atoms with Gasteiger partial charge in [0, 0.05) is 0 Å². The third-order valence-corrected chi connectivity index (χ3v) is 3.20. The van der Waals surface area contributed by atoms with E-state index < -0.39 is 0 Å². The monoisotopic (exact) mass is 264 g/mol. The molecule has 0 spiro atoms. The lowest BCUT2D eigenvalue weighted by atomic mass is 10.0. The van der Waals surface area contributed by atoms with Crippen molar-refractivity contribution in [3.05, 3.63) is 24.0 Å². The zero-order valence-corrected chi connectivity index (χ0v) is 11.9. The van der Waals surface area contributed by atoms with Gasteiger partial charge in [0.2, 0.25) is 0 Å². The fourth-order valence-corrected chi connectivity index (χ4v) is 1.85. The molecule has 0 fully saturated rings. The second kappa shape index (κ2) is 8.51. The van der Waals surface area contributed by atoms with E-state index >= 15 is 0 Å². The van der Waals surface area contributed by atoms with E-state index in [1.807, 2.05) is 0 Å². The van der Waals surface area contributed by atoms with Crippen molar-refractivity contribution in [3.63, 3.8) is 0 Å². The van der Waals surface area contributed by atoms with Crippen LogP contribution in [0, 0.1) is 5.92 Å². The lowest BCUT2D eigenvalue weighted by Crippen LogP contribution is -2.15. The summed E-state index contributed by atoms with van der Waals surface area (Å²) in [6.07, 6.45) is 6.31. The number of unbranched alkanes of at least 4 members (excludes halogenated alkanes) is 1.